The second-order valence-electron chi connectivity index (χ2n) is 9.86. The molecular weight excluding hydrogens is 428 g/mol. The molecule has 178 valence electrons. The van der Waals surface area contributed by atoms with Gasteiger partial charge in [-0.15, -0.1) is 0 Å². The number of nitrogens with one attached hydrogen (secondary N) is 2. The minimum absolute atomic E-state index is 0.246. The van der Waals surface area contributed by atoms with Crippen LogP contribution < -0.4 is 15.4 Å². The van der Waals surface area contributed by atoms with Crippen molar-refractivity contribution in [2.45, 2.75) is 56.5 Å². The summed E-state index contributed by atoms with van der Waals surface area (Å²) in [5, 5.41) is 26.3. The molecule has 0 aromatic heterocycles. The highest BCUT2D eigenvalue weighted by atomic mass is 16.5. The average Bonchev–Trinajstić information content (AvgIpc) is 3.39. The number of phenols is 1. The van der Waals surface area contributed by atoms with Crippen molar-refractivity contribution in [2.75, 3.05) is 37.3 Å². The number of carbonyl (C=O) groups excluding carboxylic acids is 1. The van der Waals surface area contributed by atoms with Crippen LogP contribution in [0, 0.1) is 11.3 Å². The number of amides is 1. The highest BCUT2D eigenvalue weighted by molar-refractivity contribution is 5.96. The number of hydrogen-bond donors (Lipinski definition) is 3. The molecule has 2 heterocycles. The molecule has 2 fully saturated rings. The third-order valence-corrected chi connectivity index (χ3v) is 7.56. The molecule has 3 aliphatic rings. The van der Waals surface area contributed by atoms with Gasteiger partial charge < -0.3 is 25.4 Å². The molecular formula is C27H32N4O3. The average molecular weight is 461 g/mol. The Hall–Kier alpha value is -3.24. The largest absolute Gasteiger partial charge is 0.508 e. The SMILES string of the molecule is CN1CCC(c2cc(C3CCCC3)c(O)cc2NC(=O)C2CNc3cc(C#N)ccc3O2)CC1. The fourth-order valence-corrected chi connectivity index (χ4v) is 5.55. The number of aromatic hydroxyl groups is 1. The summed E-state index contributed by atoms with van der Waals surface area (Å²) in [5.41, 5.74) is 4.10. The number of ether oxygens (including phenoxy) is 1. The molecule has 1 amide bonds. The maximum atomic E-state index is 13.2. The van der Waals surface area contributed by atoms with Crippen LogP contribution in [-0.4, -0.2) is 48.7 Å². The number of nitriles is 1. The first kappa shape index (κ1) is 22.5. The van der Waals surface area contributed by atoms with Crippen molar-refractivity contribution in [3.05, 3.63) is 47.0 Å². The summed E-state index contributed by atoms with van der Waals surface area (Å²) < 4.78 is 5.95. The molecule has 0 spiro atoms. The number of nitrogens with zero attached hydrogens (tertiary/aromatic N) is 2. The predicted molar refractivity (Wildman–Crippen MR) is 131 cm³/mol. The number of benzene rings is 2. The van der Waals surface area contributed by atoms with E-state index in [1.165, 1.54) is 12.8 Å². The Morgan fingerprint density at radius 2 is 1.85 bits per heavy atom. The molecule has 2 aromatic carbocycles. The van der Waals surface area contributed by atoms with Gasteiger partial charge in [0.1, 0.15) is 11.5 Å². The summed E-state index contributed by atoms with van der Waals surface area (Å²) in [5.74, 6) is 1.33. The van der Waals surface area contributed by atoms with Crippen molar-refractivity contribution in [3.8, 4) is 17.6 Å². The van der Waals surface area contributed by atoms with Gasteiger partial charge in [0.25, 0.3) is 5.91 Å². The van der Waals surface area contributed by atoms with E-state index in [0.29, 0.717) is 41.1 Å². The summed E-state index contributed by atoms with van der Waals surface area (Å²) in [6.07, 6.45) is 5.99. The van der Waals surface area contributed by atoms with Gasteiger partial charge in [0, 0.05) is 11.8 Å². The molecule has 1 atom stereocenters. The van der Waals surface area contributed by atoms with Crippen LogP contribution in [0.15, 0.2) is 30.3 Å². The number of likely N-dealkylation sites (tertiary alicyclic amines) is 1. The quantitative estimate of drug-likeness (QED) is 0.620. The molecule has 1 saturated carbocycles. The summed E-state index contributed by atoms with van der Waals surface area (Å²) in [6, 6.07) is 11.1. The zero-order chi connectivity index (χ0) is 23.7. The van der Waals surface area contributed by atoms with E-state index in [-0.39, 0.29) is 11.7 Å². The van der Waals surface area contributed by atoms with E-state index >= 15 is 0 Å². The third kappa shape index (κ3) is 4.55. The van der Waals surface area contributed by atoms with E-state index < -0.39 is 6.10 Å². The summed E-state index contributed by atoms with van der Waals surface area (Å²) in [4.78, 5) is 15.6. The van der Waals surface area contributed by atoms with E-state index in [1.54, 1.807) is 24.3 Å². The van der Waals surface area contributed by atoms with E-state index in [9.17, 15) is 9.90 Å². The van der Waals surface area contributed by atoms with Gasteiger partial charge in [-0.25, -0.2) is 0 Å². The Morgan fingerprint density at radius 1 is 1.12 bits per heavy atom. The van der Waals surface area contributed by atoms with Gasteiger partial charge in [-0.3, -0.25) is 4.79 Å². The molecule has 7 nitrogen and oxygen atoms in total. The van der Waals surface area contributed by atoms with Crippen molar-refractivity contribution in [2.24, 2.45) is 0 Å². The second-order valence-corrected chi connectivity index (χ2v) is 9.86. The maximum Gasteiger partial charge on any atom is 0.267 e. The monoisotopic (exact) mass is 460 g/mol. The number of hydrogen-bond acceptors (Lipinski definition) is 6. The van der Waals surface area contributed by atoms with Gasteiger partial charge in [0.2, 0.25) is 0 Å². The molecule has 3 N–H and O–H groups in total. The van der Waals surface area contributed by atoms with Crippen LogP contribution in [0.1, 0.15) is 67.1 Å². The van der Waals surface area contributed by atoms with Crippen LogP contribution in [0.5, 0.6) is 11.5 Å². The fraction of sp³-hybridized carbons (Fsp3) is 0.481. The van der Waals surface area contributed by atoms with Crippen molar-refractivity contribution in [3.63, 3.8) is 0 Å². The molecule has 1 saturated heterocycles. The molecule has 34 heavy (non-hydrogen) atoms. The van der Waals surface area contributed by atoms with E-state index in [4.69, 9.17) is 10.00 Å². The summed E-state index contributed by atoms with van der Waals surface area (Å²) >= 11 is 0. The number of phenolic OH excluding ortho intramolecular Hbond substituents is 1. The minimum Gasteiger partial charge on any atom is -0.508 e. The lowest BCUT2D eigenvalue weighted by molar-refractivity contribution is -0.122. The van der Waals surface area contributed by atoms with E-state index in [1.807, 2.05) is 0 Å². The Kier molecular flexibility index (Phi) is 6.34. The van der Waals surface area contributed by atoms with Crippen molar-refractivity contribution >= 4 is 17.3 Å². The van der Waals surface area contributed by atoms with Gasteiger partial charge in [-0.05, 0) is 93.0 Å². The van der Waals surface area contributed by atoms with Crippen LogP contribution in [0.4, 0.5) is 11.4 Å². The highest BCUT2D eigenvalue weighted by Crippen LogP contribution is 2.43. The second kappa shape index (κ2) is 9.55. The zero-order valence-corrected chi connectivity index (χ0v) is 19.6. The van der Waals surface area contributed by atoms with E-state index in [0.717, 1.165) is 49.9 Å². The number of piperidine rings is 1. The number of rotatable bonds is 4. The van der Waals surface area contributed by atoms with Crippen molar-refractivity contribution in [1.29, 1.82) is 5.26 Å². The van der Waals surface area contributed by atoms with E-state index in [2.05, 4.69) is 34.7 Å². The lowest BCUT2D eigenvalue weighted by Gasteiger charge is -2.32. The molecule has 0 radical (unpaired) electrons. The molecule has 7 heteroatoms. The van der Waals surface area contributed by atoms with Crippen LogP contribution in [0.2, 0.25) is 0 Å². The third-order valence-electron chi connectivity index (χ3n) is 7.56. The van der Waals surface area contributed by atoms with Crippen LogP contribution in [0.3, 0.4) is 0 Å². The Labute approximate surface area is 200 Å². The van der Waals surface area contributed by atoms with Gasteiger partial charge >= 0.3 is 0 Å². The molecule has 2 aliphatic heterocycles. The first-order chi connectivity index (χ1) is 16.5. The van der Waals surface area contributed by atoms with Gasteiger partial charge in [0.15, 0.2) is 6.10 Å². The summed E-state index contributed by atoms with van der Waals surface area (Å²) in [7, 11) is 2.14. The minimum atomic E-state index is -0.706. The van der Waals surface area contributed by atoms with Gasteiger partial charge in [-0.2, -0.15) is 5.26 Å². The highest BCUT2D eigenvalue weighted by Gasteiger charge is 2.30. The predicted octanol–water partition coefficient (Wildman–Crippen LogP) is 4.54. The lowest BCUT2D eigenvalue weighted by Crippen LogP contribution is -2.41. The number of carbonyl (C=O) groups is 1. The first-order valence-corrected chi connectivity index (χ1v) is 12.3. The molecule has 1 unspecified atom stereocenters. The fourth-order valence-electron chi connectivity index (χ4n) is 5.55. The number of anilines is 2. The Bertz CT molecular complexity index is 1110. The number of fused-ring (bicyclic) bond motifs is 1. The first-order valence-electron chi connectivity index (χ1n) is 12.3. The summed E-state index contributed by atoms with van der Waals surface area (Å²) in [6.45, 7) is 2.35. The van der Waals surface area contributed by atoms with Gasteiger partial charge in [-0.1, -0.05) is 12.8 Å². The lowest BCUT2D eigenvalue weighted by atomic mass is 9.85. The molecule has 0 bridgehead atoms. The van der Waals surface area contributed by atoms with Gasteiger partial charge in [0.05, 0.1) is 23.9 Å². The molecule has 1 aliphatic carbocycles. The van der Waals surface area contributed by atoms with Crippen LogP contribution >= 0.6 is 0 Å². The van der Waals surface area contributed by atoms with Crippen molar-refractivity contribution < 1.29 is 14.6 Å². The molecule has 2 aromatic rings. The van der Waals surface area contributed by atoms with Crippen molar-refractivity contribution in [1.82, 2.24) is 4.90 Å². The Morgan fingerprint density at radius 3 is 2.59 bits per heavy atom. The zero-order valence-electron chi connectivity index (χ0n) is 19.6. The normalized spacial score (nSPS) is 21.2. The smallest absolute Gasteiger partial charge is 0.267 e. The standard InChI is InChI=1S/C27H32N4O3/c1-31-10-8-19(9-11-31)20-13-21(18-4-2-3-5-18)24(32)14-22(20)30-27(33)26-16-29-23-12-17(15-28)6-7-25(23)34-26/h6-7,12-14,18-19,26,29,32H,2-5,8-11,16H2,1H3,(H,30,33). The van der Waals surface area contributed by atoms with Crippen LogP contribution in [0.25, 0.3) is 0 Å². The van der Waals surface area contributed by atoms with Crippen LogP contribution in [-0.2, 0) is 4.79 Å². The Balaban J connectivity index is 1.39. The molecule has 5 rings (SSSR count). The maximum absolute atomic E-state index is 13.2. The topological polar surface area (TPSA) is 97.6 Å².